The number of nitrogens with one attached hydrogen (secondary N) is 1. The Morgan fingerprint density at radius 1 is 1.40 bits per heavy atom. The second-order valence-corrected chi connectivity index (χ2v) is 3.92. The molecule has 3 heteroatoms. The Hall–Kier alpha value is -1.22. The van der Waals surface area contributed by atoms with Crippen molar-refractivity contribution in [3.05, 3.63) is 24.3 Å². The fourth-order valence-corrected chi connectivity index (χ4v) is 2.07. The number of anilines is 1. The van der Waals surface area contributed by atoms with Crippen LogP contribution in [0, 0.1) is 0 Å². The highest BCUT2D eigenvalue weighted by Crippen LogP contribution is 2.29. The summed E-state index contributed by atoms with van der Waals surface area (Å²) < 4.78 is 5.38. The molecule has 1 fully saturated rings. The lowest BCUT2D eigenvalue weighted by Gasteiger charge is -2.36. The van der Waals surface area contributed by atoms with Crippen LogP contribution in [0.2, 0.25) is 0 Å². The normalized spacial score (nSPS) is 21.5. The molecule has 2 rings (SSSR count). The van der Waals surface area contributed by atoms with E-state index in [2.05, 4.69) is 29.3 Å². The Kier molecular flexibility index (Phi) is 3.11. The predicted octanol–water partition coefficient (Wildman–Crippen LogP) is 1.49. The molecule has 1 aliphatic rings. The van der Waals surface area contributed by atoms with Gasteiger partial charge in [0.05, 0.1) is 12.8 Å². The average Bonchev–Trinajstić information content (AvgIpc) is 2.30. The molecule has 0 bridgehead atoms. The van der Waals surface area contributed by atoms with Crippen molar-refractivity contribution in [1.29, 1.82) is 0 Å². The van der Waals surface area contributed by atoms with E-state index in [0.717, 1.165) is 25.4 Å². The summed E-state index contributed by atoms with van der Waals surface area (Å²) in [6, 6.07) is 8.74. The molecule has 1 aliphatic heterocycles. The lowest BCUT2D eigenvalue weighted by molar-refractivity contribution is 0.409. The Morgan fingerprint density at radius 2 is 2.20 bits per heavy atom. The second-order valence-electron chi connectivity index (χ2n) is 3.92. The summed E-state index contributed by atoms with van der Waals surface area (Å²) in [7, 11) is 1.73. The smallest absolute Gasteiger partial charge is 0.142 e. The number of para-hydroxylation sites is 2. The second kappa shape index (κ2) is 4.53. The van der Waals surface area contributed by atoms with Crippen LogP contribution in [0.15, 0.2) is 24.3 Å². The quantitative estimate of drug-likeness (QED) is 0.793. The number of piperazine rings is 1. The van der Waals surface area contributed by atoms with Crippen LogP contribution in [0.25, 0.3) is 0 Å². The molecule has 0 amide bonds. The molecule has 82 valence electrons. The van der Waals surface area contributed by atoms with Crippen LogP contribution >= 0.6 is 0 Å². The zero-order valence-corrected chi connectivity index (χ0v) is 9.36. The standard InChI is InChI=1S/C12H18N2O/c1-10-9-13-7-8-14(10)11-5-3-4-6-12(11)15-2/h3-6,10,13H,7-9H2,1-2H3/t10-/m1/s1. The van der Waals surface area contributed by atoms with Crippen LogP contribution in [0.3, 0.4) is 0 Å². The van der Waals surface area contributed by atoms with Crippen LogP contribution in [-0.4, -0.2) is 32.8 Å². The van der Waals surface area contributed by atoms with E-state index in [0.29, 0.717) is 6.04 Å². The highest BCUT2D eigenvalue weighted by atomic mass is 16.5. The molecular weight excluding hydrogens is 188 g/mol. The Morgan fingerprint density at radius 3 is 2.93 bits per heavy atom. The maximum Gasteiger partial charge on any atom is 0.142 e. The minimum Gasteiger partial charge on any atom is -0.495 e. The van der Waals surface area contributed by atoms with Gasteiger partial charge < -0.3 is 15.0 Å². The number of ether oxygens (including phenoxy) is 1. The largest absolute Gasteiger partial charge is 0.495 e. The van der Waals surface area contributed by atoms with Crippen LogP contribution in [0.5, 0.6) is 5.75 Å². The van der Waals surface area contributed by atoms with Gasteiger partial charge in [-0.2, -0.15) is 0 Å². The van der Waals surface area contributed by atoms with Crippen LogP contribution in [0.1, 0.15) is 6.92 Å². The van der Waals surface area contributed by atoms with E-state index in [1.54, 1.807) is 7.11 Å². The number of hydrogen-bond acceptors (Lipinski definition) is 3. The van der Waals surface area contributed by atoms with Gasteiger partial charge in [0.1, 0.15) is 5.75 Å². The Bertz CT molecular complexity index is 327. The molecule has 1 aromatic carbocycles. The minimum absolute atomic E-state index is 0.523. The van der Waals surface area contributed by atoms with Gasteiger partial charge in [0.15, 0.2) is 0 Å². The van der Waals surface area contributed by atoms with Crippen molar-refractivity contribution in [2.24, 2.45) is 0 Å². The van der Waals surface area contributed by atoms with Gasteiger partial charge in [-0.15, -0.1) is 0 Å². The maximum atomic E-state index is 5.38. The number of methoxy groups -OCH3 is 1. The molecule has 1 heterocycles. The molecule has 0 spiro atoms. The molecule has 15 heavy (non-hydrogen) atoms. The van der Waals surface area contributed by atoms with Crippen molar-refractivity contribution in [2.75, 3.05) is 31.6 Å². The molecule has 0 aromatic heterocycles. The summed E-state index contributed by atoms with van der Waals surface area (Å²) >= 11 is 0. The first-order chi connectivity index (χ1) is 7.33. The topological polar surface area (TPSA) is 24.5 Å². The molecule has 0 aliphatic carbocycles. The van der Waals surface area contributed by atoms with Crippen molar-refractivity contribution < 1.29 is 4.74 Å². The van der Waals surface area contributed by atoms with E-state index in [9.17, 15) is 0 Å². The fourth-order valence-electron chi connectivity index (χ4n) is 2.07. The van der Waals surface area contributed by atoms with Gasteiger partial charge in [0.25, 0.3) is 0 Å². The fraction of sp³-hybridized carbons (Fsp3) is 0.500. The highest BCUT2D eigenvalue weighted by molar-refractivity contribution is 5.59. The molecule has 3 nitrogen and oxygen atoms in total. The van der Waals surface area contributed by atoms with E-state index >= 15 is 0 Å². The molecule has 0 radical (unpaired) electrons. The SMILES string of the molecule is COc1ccccc1N1CCNC[C@H]1C. The summed E-state index contributed by atoms with van der Waals surface area (Å²) in [6.07, 6.45) is 0. The highest BCUT2D eigenvalue weighted by Gasteiger charge is 2.20. The third-order valence-electron chi connectivity index (χ3n) is 2.90. The van der Waals surface area contributed by atoms with Crippen LogP contribution in [-0.2, 0) is 0 Å². The van der Waals surface area contributed by atoms with E-state index < -0.39 is 0 Å². The zero-order chi connectivity index (χ0) is 10.7. The summed E-state index contributed by atoms with van der Waals surface area (Å²) in [5.41, 5.74) is 1.20. The van der Waals surface area contributed by atoms with Gasteiger partial charge in [-0.1, -0.05) is 12.1 Å². The molecule has 1 aromatic rings. The first-order valence-electron chi connectivity index (χ1n) is 5.43. The van der Waals surface area contributed by atoms with Crippen molar-refractivity contribution >= 4 is 5.69 Å². The molecule has 0 unspecified atom stereocenters. The van der Waals surface area contributed by atoms with E-state index in [1.165, 1.54) is 5.69 Å². The first kappa shape index (κ1) is 10.3. The molecule has 1 saturated heterocycles. The van der Waals surface area contributed by atoms with Gasteiger partial charge in [-0.3, -0.25) is 0 Å². The lowest BCUT2D eigenvalue weighted by Crippen LogP contribution is -2.50. The van der Waals surface area contributed by atoms with E-state index in [4.69, 9.17) is 4.74 Å². The van der Waals surface area contributed by atoms with Crippen LogP contribution < -0.4 is 15.0 Å². The molecule has 0 saturated carbocycles. The Balaban J connectivity index is 2.26. The van der Waals surface area contributed by atoms with E-state index in [-0.39, 0.29) is 0 Å². The van der Waals surface area contributed by atoms with Crippen molar-refractivity contribution in [1.82, 2.24) is 5.32 Å². The number of rotatable bonds is 2. The maximum absolute atomic E-state index is 5.38. The van der Waals surface area contributed by atoms with Crippen molar-refractivity contribution in [2.45, 2.75) is 13.0 Å². The van der Waals surface area contributed by atoms with Crippen LogP contribution in [0.4, 0.5) is 5.69 Å². The van der Waals surface area contributed by atoms with Gasteiger partial charge in [-0.05, 0) is 19.1 Å². The van der Waals surface area contributed by atoms with Crippen molar-refractivity contribution in [3.63, 3.8) is 0 Å². The number of nitrogens with zero attached hydrogens (tertiary/aromatic N) is 1. The number of hydrogen-bond donors (Lipinski definition) is 1. The third-order valence-corrected chi connectivity index (χ3v) is 2.90. The molecular formula is C12H18N2O. The summed E-state index contributed by atoms with van der Waals surface area (Å²) in [4.78, 5) is 2.40. The Labute approximate surface area is 91.0 Å². The average molecular weight is 206 g/mol. The number of benzene rings is 1. The van der Waals surface area contributed by atoms with Crippen molar-refractivity contribution in [3.8, 4) is 5.75 Å². The first-order valence-corrected chi connectivity index (χ1v) is 5.43. The van der Waals surface area contributed by atoms with E-state index in [1.807, 2.05) is 12.1 Å². The monoisotopic (exact) mass is 206 g/mol. The molecule has 1 N–H and O–H groups in total. The summed E-state index contributed by atoms with van der Waals surface area (Å²) in [5.74, 6) is 0.964. The summed E-state index contributed by atoms with van der Waals surface area (Å²) in [5, 5.41) is 3.39. The third kappa shape index (κ3) is 2.07. The van der Waals surface area contributed by atoms with Gasteiger partial charge in [0, 0.05) is 25.7 Å². The lowest BCUT2D eigenvalue weighted by atomic mass is 10.1. The minimum atomic E-state index is 0.523. The molecule has 1 atom stereocenters. The zero-order valence-electron chi connectivity index (χ0n) is 9.36. The van der Waals surface area contributed by atoms with Gasteiger partial charge in [0.2, 0.25) is 0 Å². The summed E-state index contributed by atoms with van der Waals surface area (Å²) in [6.45, 7) is 5.36. The predicted molar refractivity (Wildman–Crippen MR) is 62.7 cm³/mol. The van der Waals surface area contributed by atoms with Gasteiger partial charge >= 0.3 is 0 Å². The van der Waals surface area contributed by atoms with Gasteiger partial charge in [-0.25, -0.2) is 0 Å².